The molecule has 0 bridgehead atoms. The third kappa shape index (κ3) is 7.83. The second-order valence-electron chi connectivity index (χ2n) is 9.85. The number of carbonyl (C=O) groups is 2. The van der Waals surface area contributed by atoms with Gasteiger partial charge >= 0.3 is 5.97 Å². The molecule has 1 atom stereocenters. The number of carboxylic acids is 1. The molecule has 2 heterocycles. The molecule has 1 fully saturated rings. The summed E-state index contributed by atoms with van der Waals surface area (Å²) in [7, 11) is 1.63. The third-order valence-electron chi connectivity index (χ3n) is 7.06. The quantitative estimate of drug-likeness (QED) is 0.241. The first-order valence-corrected chi connectivity index (χ1v) is 13.5. The molecular weight excluding hydrogens is 498 g/mol. The topological polar surface area (TPSA) is 123 Å². The summed E-state index contributed by atoms with van der Waals surface area (Å²) in [5, 5.41) is 15.1. The lowest BCUT2D eigenvalue weighted by atomic mass is 9.81. The summed E-state index contributed by atoms with van der Waals surface area (Å²) in [6.45, 7) is 3.04. The number of methoxy groups -OCH3 is 1. The summed E-state index contributed by atoms with van der Waals surface area (Å²) < 4.78 is 16.8. The molecule has 2 aromatic heterocycles. The number of rotatable bonds is 13. The number of aliphatic carboxylic acids is 1. The molecule has 1 saturated carbocycles. The van der Waals surface area contributed by atoms with Crippen LogP contribution in [0.25, 0.3) is 11.3 Å². The van der Waals surface area contributed by atoms with Crippen LogP contribution in [0, 0.1) is 12.8 Å². The summed E-state index contributed by atoms with van der Waals surface area (Å²) in [5.74, 6) is 1.39. The first-order chi connectivity index (χ1) is 18.9. The number of carboxylic acid groups (broad SMARTS) is 1. The van der Waals surface area contributed by atoms with Gasteiger partial charge in [-0.2, -0.15) is 0 Å². The molecule has 3 aromatic rings. The molecule has 1 amide bonds. The molecule has 3 N–H and O–H groups in total. The molecule has 1 aromatic carbocycles. The minimum absolute atomic E-state index is 0.0580. The van der Waals surface area contributed by atoms with Crippen LogP contribution in [0.15, 0.2) is 53.1 Å². The molecule has 39 heavy (non-hydrogen) atoms. The van der Waals surface area contributed by atoms with Crippen LogP contribution in [-0.4, -0.2) is 48.8 Å². The van der Waals surface area contributed by atoms with Crippen LogP contribution in [0.4, 0.5) is 5.69 Å². The number of hydrogen-bond donors (Lipinski definition) is 3. The monoisotopic (exact) mass is 535 g/mol. The normalized spacial score (nSPS) is 14.5. The first kappa shape index (κ1) is 28.2. The highest BCUT2D eigenvalue weighted by molar-refractivity contribution is 5.94. The fourth-order valence-corrected chi connectivity index (χ4v) is 4.99. The molecule has 9 nitrogen and oxygen atoms in total. The molecular formula is C30H37N3O6. The summed E-state index contributed by atoms with van der Waals surface area (Å²) in [6, 6.07) is 13.2. The maximum atomic E-state index is 12.3. The Morgan fingerprint density at radius 3 is 2.54 bits per heavy atom. The van der Waals surface area contributed by atoms with E-state index in [1.54, 1.807) is 25.4 Å². The first-order valence-electron chi connectivity index (χ1n) is 13.5. The number of ether oxygens (including phenoxy) is 2. The molecule has 9 heteroatoms. The Bertz CT molecular complexity index is 1220. The minimum Gasteiger partial charge on any atom is -0.481 e. The molecule has 1 aliphatic carbocycles. The number of furan rings is 1. The van der Waals surface area contributed by atoms with Crippen molar-refractivity contribution >= 4 is 17.6 Å². The van der Waals surface area contributed by atoms with Gasteiger partial charge in [0.1, 0.15) is 18.1 Å². The molecule has 0 saturated heterocycles. The largest absolute Gasteiger partial charge is 0.481 e. The molecule has 1 aliphatic rings. The van der Waals surface area contributed by atoms with E-state index in [1.165, 1.54) is 19.3 Å². The van der Waals surface area contributed by atoms with E-state index in [-0.39, 0.29) is 24.9 Å². The highest BCUT2D eigenvalue weighted by Gasteiger charge is 2.28. The van der Waals surface area contributed by atoms with E-state index in [2.05, 4.69) is 21.7 Å². The van der Waals surface area contributed by atoms with Crippen LogP contribution < -0.4 is 15.4 Å². The smallest absolute Gasteiger partial charge is 0.305 e. The van der Waals surface area contributed by atoms with Crippen molar-refractivity contribution in [2.24, 2.45) is 5.92 Å². The van der Waals surface area contributed by atoms with Crippen LogP contribution >= 0.6 is 0 Å². The van der Waals surface area contributed by atoms with Gasteiger partial charge in [0.25, 0.3) is 5.91 Å². The number of nitrogens with one attached hydrogen (secondary N) is 2. The summed E-state index contributed by atoms with van der Waals surface area (Å²) in [4.78, 5) is 27.4. The van der Waals surface area contributed by atoms with E-state index in [1.807, 2.05) is 31.2 Å². The Labute approximate surface area is 228 Å². The molecule has 0 aliphatic heterocycles. The van der Waals surface area contributed by atoms with Gasteiger partial charge in [0.05, 0.1) is 19.1 Å². The van der Waals surface area contributed by atoms with E-state index in [9.17, 15) is 9.59 Å². The van der Waals surface area contributed by atoms with Crippen LogP contribution in [0.1, 0.15) is 66.2 Å². The summed E-state index contributed by atoms with van der Waals surface area (Å²) in [5.41, 5.74) is 3.40. The van der Waals surface area contributed by atoms with Gasteiger partial charge in [-0.05, 0) is 62.1 Å². The SMILES string of the molecule is COCCOc1ccc(-c2cc(C(Nc3ccc(C(=O)NCCC(=O)O)cc3)C3CCCCC3)c(C)o2)cn1. The van der Waals surface area contributed by atoms with Crippen molar-refractivity contribution in [2.75, 3.05) is 32.2 Å². The number of pyridine rings is 1. The van der Waals surface area contributed by atoms with Crippen molar-refractivity contribution < 1.29 is 28.6 Å². The number of aromatic nitrogens is 1. The summed E-state index contributed by atoms with van der Waals surface area (Å²) >= 11 is 0. The number of amides is 1. The molecule has 1 unspecified atom stereocenters. The lowest BCUT2D eigenvalue weighted by Crippen LogP contribution is -2.26. The Kier molecular flexibility index (Phi) is 9.97. The average molecular weight is 536 g/mol. The highest BCUT2D eigenvalue weighted by Crippen LogP contribution is 2.40. The van der Waals surface area contributed by atoms with E-state index < -0.39 is 5.97 Å². The van der Waals surface area contributed by atoms with Gasteiger partial charge in [0, 0.05) is 48.3 Å². The number of benzene rings is 1. The predicted octanol–water partition coefficient (Wildman–Crippen LogP) is 5.61. The van der Waals surface area contributed by atoms with Crippen molar-refractivity contribution in [1.82, 2.24) is 10.3 Å². The molecule has 0 radical (unpaired) electrons. The zero-order chi connectivity index (χ0) is 27.6. The predicted molar refractivity (Wildman–Crippen MR) is 148 cm³/mol. The lowest BCUT2D eigenvalue weighted by Gasteiger charge is -2.31. The lowest BCUT2D eigenvalue weighted by molar-refractivity contribution is -0.136. The van der Waals surface area contributed by atoms with Crippen LogP contribution in [0.3, 0.4) is 0 Å². The average Bonchev–Trinajstić information content (AvgIpc) is 3.34. The fourth-order valence-electron chi connectivity index (χ4n) is 4.99. The van der Waals surface area contributed by atoms with Gasteiger partial charge in [-0.25, -0.2) is 4.98 Å². The second kappa shape index (κ2) is 13.8. The maximum Gasteiger partial charge on any atom is 0.305 e. The Balaban J connectivity index is 1.50. The van der Waals surface area contributed by atoms with Crippen molar-refractivity contribution in [3.63, 3.8) is 0 Å². The van der Waals surface area contributed by atoms with Crippen molar-refractivity contribution in [1.29, 1.82) is 0 Å². The van der Waals surface area contributed by atoms with Gasteiger partial charge < -0.3 is 29.6 Å². The second-order valence-corrected chi connectivity index (χ2v) is 9.85. The zero-order valence-electron chi connectivity index (χ0n) is 22.6. The molecule has 4 rings (SSSR count). The van der Waals surface area contributed by atoms with Gasteiger partial charge in [-0.3, -0.25) is 9.59 Å². The Morgan fingerprint density at radius 2 is 1.87 bits per heavy atom. The van der Waals surface area contributed by atoms with Gasteiger partial charge in [-0.1, -0.05) is 19.3 Å². The number of anilines is 1. The number of hydrogen-bond acceptors (Lipinski definition) is 7. The van der Waals surface area contributed by atoms with Gasteiger partial charge in [0.2, 0.25) is 5.88 Å². The van der Waals surface area contributed by atoms with E-state index in [4.69, 9.17) is 19.0 Å². The minimum atomic E-state index is -0.943. The third-order valence-corrected chi connectivity index (χ3v) is 7.06. The van der Waals surface area contributed by atoms with Crippen molar-refractivity contribution in [3.05, 3.63) is 65.5 Å². The number of carbonyl (C=O) groups excluding carboxylic acids is 1. The standard InChI is InChI=1S/C30H37N3O6/c1-20-25(18-26(39-20)23-10-13-27(32-19-23)38-17-16-37-2)29(21-6-4-3-5-7-21)33-24-11-8-22(9-12-24)30(36)31-15-14-28(34)35/h8-13,18-19,21,29,33H,3-7,14-17H2,1-2H3,(H,31,36)(H,34,35). The zero-order valence-corrected chi connectivity index (χ0v) is 22.6. The van der Waals surface area contributed by atoms with E-state index >= 15 is 0 Å². The molecule has 0 spiro atoms. The van der Waals surface area contributed by atoms with Crippen LogP contribution in [0.5, 0.6) is 5.88 Å². The molecule has 208 valence electrons. The van der Waals surface area contributed by atoms with Gasteiger partial charge in [0.15, 0.2) is 0 Å². The highest BCUT2D eigenvalue weighted by atomic mass is 16.5. The maximum absolute atomic E-state index is 12.3. The van der Waals surface area contributed by atoms with Crippen LogP contribution in [0.2, 0.25) is 0 Å². The fraction of sp³-hybridized carbons (Fsp3) is 0.433. The van der Waals surface area contributed by atoms with Crippen molar-refractivity contribution in [3.8, 4) is 17.2 Å². The van der Waals surface area contributed by atoms with E-state index in [0.29, 0.717) is 30.6 Å². The summed E-state index contributed by atoms with van der Waals surface area (Å²) in [6.07, 6.45) is 7.59. The Morgan fingerprint density at radius 1 is 1.10 bits per heavy atom. The number of nitrogens with zero attached hydrogens (tertiary/aromatic N) is 1. The van der Waals surface area contributed by atoms with E-state index in [0.717, 1.165) is 41.2 Å². The van der Waals surface area contributed by atoms with Crippen molar-refractivity contribution in [2.45, 2.75) is 51.5 Å². The van der Waals surface area contributed by atoms with Crippen LogP contribution in [-0.2, 0) is 9.53 Å². The Hall–Kier alpha value is -3.85. The van der Waals surface area contributed by atoms with Gasteiger partial charge in [-0.15, -0.1) is 0 Å². The number of aryl methyl sites for hydroxylation is 1.